The molecule has 1 N–H and O–H groups in total. The molecule has 32 heavy (non-hydrogen) atoms. The molecule has 2 aromatic heterocycles. The summed E-state index contributed by atoms with van der Waals surface area (Å²) in [7, 11) is 0. The highest BCUT2D eigenvalue weighted by atomic mass is 32.2. The molecule has 2 aromatic carbocycles. The first-order chi connectivity index (χ1) is 15.8. The second-order valence-electron chi connectivity index (χ2n) is 8.20. The summed E-state index contributed by atoms with van der Waals surface area (Å²) in [4.78, 5) is 12.1. The quantitative estimate of drug-likeness (QED) is 0.499. The minimum Gasteiger partial charge on any atom is -0.336 e. The summed E-state index contributed by atoms with van der Waals surface area (Å²) in [5, 5.41) is 14.4. The van der Waals surface area contributed by atoms with Crippen LogP contribution in [-0.2, 0) is 6.54 Å². The van der Waals surface area contributed by atoms with Gasteiger partial charge in [0, 0.05) is 47.2 Å². The van der Waals surface area contributed by atoms with Gasteiger partial charge in [-0.2, -0.15) is 0 Å². The van der Waals surface area contributed by atoms with Crippen molar-refractivity contribution in [3.05, 3.63) is 72.6 Å². The zero-order chi connectivity index (χ0) is 21.3. The van der Waals surface area contributed by atoms with Crippen LogP contribution < -0.4 is 4.90 Å². The molecule has 0 spiro atoms. The van der Waals surface area contributed by atoms with Gasteiger partial charge < -0.3 is 4.90 Å². The van der Waals surface area contributed by atoms with Crippen LogP contribution in [-0.4, -0.2) is 49.6 Å². The molecule has 7 nitrogen and oxygen atoms in total. The molecule has 0 bridgehead atoms. The number of fused-ring (bicyclic) bond motifs is 2. The third kappa shape index (κ3) is 3.65. The second-order valence-corrected chi connectivity index (χ2v) is 9.28. The number of rotatable bonds is 4. The van der Waals surface area contributed by atoms with E-state index >= 15 is 0 Å². The van der Waals surface area contributed by atoms with Crippen molar-refractivity contribution in [3.63, 3.8) is 0 Å². The van der Waals surface area contributed by atoms with Gasteiger partial charge in [-0.15, -0.1) is 5.10 Å². The van der Waals surface area contributed by atoms with Crippen LogP contribution in [0.3, 0.4) is 0 Å². The number of nitrogens with zero attached hydrogens (tertiary/aromatic N) is 6. The number of likely N-dealkylation sites (tertiary alicyclic amines) is 1. The standard InChI is InChI=1S/C24H23N7S/c1-2-7-22-20(6-1)31(19-10-13-30(14-11-19)16-18-5-3-4-12-25-18)21-9-8-17(15-23(21)32-22)24-26-28-29-27-24/h1-9,12,15,19H,10-11,13-14,16H2,(H,26,27,28,29). The molecule has 4 aromatic rings. The topological polar surface area (TPSA) is 73.8 Å². The van der Waals surface area contributed by atoms with Crippen molar-refractivity contribution in [2.75, 3.05) is 18.0 Å². The Kier molecular flexibility index (Phi) is 5.09. The van der Waals surface area contributed by atoms with Gasteiger partial charge in [-0.1, -0.05) is 30.0 Å². The van der Waals surface area contributed by atoms with Crippen molar-refractivity contribution >= 4 is 23.1 Å². The number of nitrogens with one attached hydrogen (secondary N) is 1. The number of anilines is 2. The fraction of sp³-hybridized carbons (Fsp3) is 0.250. The van der Waals surface area contributed by atoms with E-state index in [1.165, 1.54) is 21.2 Å². The van der Waals surface area contributed by atoms with Crippen LogP contribution in [0.1, 0.15) is 18.5 Å². The number of aromatic amines is 1. The highest BCUT2D eigenvalue weighted by Crippen LogP contribution is 2.50. The maximum atomic E-state index is 4.50. The molecule has 2 aliphatic rings. The van der Waals surface area contributed by atoms with Crippen molar-refractivity contribution < 1.29 is 0 Å². The molecule has 6 rings (SSSR count). The SMILES string of the molecule is c1ccc(CN2CCC(N3c4ccccc4Sc4cc(-c5nnn[nH]5)ccc43)CC2)nc1. The smallest absolute Gasteiger partial charge is 0.179 e. The number of tetrazole rings is 1. The Morgan fingerprint density at radius 3 is 2.59 bits per heavy atom. The summed E-state index contributed by atoms with van der Waals surface area (Å²) in [6, 6.07) is 21.9. The van der Waals surface area contributed by atoms with Gasteiger partial charge in [0.1, 0.15) is 0 Å². The summed E-state index contributed by atoms with van der Waals surface area (Å²) in [5.74, 6) is 0.696. The van der Waals surface area contributed by atoms with Crippen LogP contribution in [0.5, 0.6) is 0 Å². The predicted molar refractivity (Wildman–Crippen MR) is 125 cm³/mol. The van der Waals surface area contributed by atoms with Crippen molar-refractivity contribution in [2.24, 2.45) is 0 Å². The van der Waals surface area contributed by atoms with Crippen LogP contribution >= 0.6 is 11.8 Å². The summed E-state index contributed by atoms with van der Waals surface area (Å²) >= 11 is 1.82. The van der Waals surface area contributed by atoms with E-state index in [0.29, 0.717) is 11.9 Å². The molecule has 0 unspecified atom stereocenters. The first kappa shape index (κ1) is 19.5. The number of aromatic nitrogens is 5. The maximum absolute atomic E-state index is 4.50. The number of hydrogen-bond acceptors (Lipinski definition) is 7. The number of pyridine rings is 1. The van der Waals surface area contributed by atoms with E-state index in [4.69, 9.17) is 0 Å². The molecule has 0 radical (unpaired) electrons. The Labute approximate surface area is 190 Å². The zero-order valence-corrected chi connectivity index (χ0v) is 18.4. The molecule has 160 valence electrons. The lowest BCUT2D eigenvalue weighted by atomic mass is 10.00. The Morgan fingerprint density at radius 1 is 0.938 bits per heavy atom. The minimum absolute atomic E-state index is 0.466. The molecule has 4 heterocycles. The predicted octanol–water partition coefficient (Wildman–Crippen LogP) is 4.53. The molecular formula is C24H23N7S. The first-order valence-electron chi connectivity index (χ1n) is 10.9. The van der Waals surface area contributed by atoms with Crippen LogP contribution in [0.4, 0.5) is 11.4 Å². The normalized spacial score (nSPS) is 16.6. The zero-order valence-electron chi connectivity index (χ0n) is 17.6. The Morgan fingerprint density at radius 2 is 1.78 bits per heavy atom. The summed E-state index contributed by atoms with van der Waals surface area (Å²) in [6.45, 7) is 3.07. The van der Waals surface area contributed by atoms with E-state index in [9.17, 15) is 0 Å². The van der Waals surface area contributed by atoms with Crippen LogP contribution in [0.2, 0.25) is 0 Å². The van der Waals surface area contributed by atoms with Gasteiger partial charge >= 0.3 is 0 Å². The summed E-state index contributed by atoms with van der Waals surface area (Å²) < 4.78 is 0. The van der Waals surface area contributed by atoms with Crippen molar-refractivity contribution in [2.45, 2.75) is 35.2 Å². The number of para-hydroxylation sites is 1. The van der Waals surface area contributed by atoms with Crippen molar-refractivity contribution in [1.29, 1.82) is 0 Å². The van der Waals surface area contributed by atoms with E-state index in [2.05, 4.69) is 90.0 Å². The Bertz CT molecular complexity index is 1200. The van der Waals surface area contributed by atoms with E-state index in [1.807, 2.05) is 24.0 Å². The highest BCUT2D eigenvalue weighted by Gasteiger charge is 2.32. The lowest BCUT2D eigenvalue weighted by molar-refractivity contribution is 0.203. The number of H-pyrrole nitrogens is 1. The largest absolute Gasteiger partial charge is 0.336 e. The molecular weight excluding hydrogens is 418 g/mol. The van der Waals surface area contributed by atoms with Crippen molar-refractivity contribution in [1.82, 2.24) is 30.5 Å². The third-order valence-corrected chi connectivity index (χ3v) is 7.33. The molecule has 0 aliphatic carbocycles. The molecule has 0 amide bonds. The van der Waals surface area contributed by atoms with E-state index < -0.39 is 0 Å². The minimum atomic E-state index is 0.466. The van der Waals surface area contributed by atoms with Crippen molar-refractivity contribution in [3.8, 4) is 11.4 Å². The number of benzene rings is 2. The molecule has 8 heteroatoms. The van der Waals surface area contributed by atoms with Crippen LogP contribution in [0.15, 0.2) is 76.7 Å². The fourth-order valence-corrected chi connectivity index (χ4v) is 5.78. The van der Waals surface area contributed by atoms with Gasteiger partial charge in [-0.3, -0.25) is 9.88 Å². The Hall–Kier alpha value is -3.23. The number of piperidine rings is 1. The average Bonchev–Trinajstić information content (AvgIpc) is 3.39. The molecule has 1 saturated heterocycles. The lowest BCUT2D eigenvalue weighted by Gasteiger charge is -2.42. The molecule has 0 atom stereocenters. The monoisotopic (exact) mass is 441 g/mol. The highest BCUT2D eigenvalue weighted by molar-refractivity contribution is 7.99. The first-order valence-corrected chi connectivity index (χ1v) is 11.7. The molecule has 2 aliphatic heterocycles. The van der Waals surface area contributed by atoms with Crippen LogP contribution in [0, 0.1) is 0 Å². The lowest BCUT2D eigenvalue weighted by Crippen LogP contribution is -2.43. The van der Waals surface area contributed by atoms with E-state index in [1.54, 1.807) is 0 Å². The van der Waals surface area contributed by atoms with Gasteiger partial charge in [0.15, 0.2) is 5.82 Å². The molecule has 0 saturated carbocycles. The second kappa shape index (κ2) is 8.37. The van der Waals surface area contributed by atoms with Crippen LogP contribution in [0.25, 0.3) is 11.4 Å². The van der Waals surface area contributed by atoms with Gasteiger partial charge in [0.25, 0.3) is 0 Å². The summed E-state index contributed by atoms with van der Waals surface area (Å²) in [6.07, 6.45) is 4.13. The fourth-order valence-electron chi connectivity index (χ4n) is 4.66. The van der Waals surface area contributed by atoms with Gasteiger partial charge in [0.05, 0.1) is 17.1 Å². The Balaban J connectivity index is 1.27. The average molecular weight is 442 g/mol. The molecule has 1 fully saturated rings. The van der Waals surface area contributed by atoms with Gasteiger partial charge in [-0.25, -0.2) is 5.10 Å². The van der Waals surface area contributed by atoms with Gasteiger partial charge in [0.2, 0.25) is 0 Å². The van der Waals surface area contributed by atoms with E-state index in [-0.39, 0.29) is 0 Å². The summed E-state index contributed by atoms with van der Waals surface area (Å²) in [5.41, 5.74) is 4.73. The van der Waals surface area contributed by atoms with E-state index in [0.717, 1.165) is 43.7 Å². The maximum Gasteiger partial charge on any atom is 0.179 e. The third-order valence-electron chi connectivity index (χ3n) is 6.22. The number of hydrogen-bond donors (Lipinski definition) is 1. The van der Waals surface area contributed by atoms with Gasteiger partial charge in [-0.05, 0) is 65.7 Å².